The highest BCUT2D eigenvalue weighted by Gasteiger charge is 2.38. The van der Waals surface area contributed by atoms with Crippen LogP contribution >= 0.6 is 15.9 Å². The molecule has 0 radical (unpaired) electrons. The molecule has 2 aliphatic rings. The van der Waals surface area contributed by atoms with Crippen LogP contribution in [-0.2, 0) is 4.79 Å². The third kappa shape index (κ3) is 3.44. The third-order valence-electron chi connectivity index (χ3n) is 5.48. The van der Waals surface area contributed by atoms with Crippen molar-refractivity contribution in [3.05, 3.63) is 63.3 Å². The van der Waals surface area contributed by atoms with Gasteiger partial charge in [-0.3, -0.25) is 4.79 Å². The van der Waals surface area contributed by atoms with Gasteiger partial charge in [0.15, 0.2) is 5.78 Å². The molecule has 1 unspecified atom stereocenters. The van der Waals surface area contributed by atoms with E-state index in [-0.39, 0.29) is 17.2 Å². The van der Waals surface area contributed by atoms with Crippen molar-refractivity contribution in [3.63, 3.8) is 0 Å². The number of allylic oxidation sites excluding steroid dienone is 1. The molecule has 28 heavy (non-hydrogen) atoms. The van der Waals surface area contributed by atoms with Crippen LogP contribution < -0.4 is 15.4 Å². The van der Waals surface area contributed by atoms with Crippen LogP contribution in [0, 0.1) is 12.3 Å². The number of benzene rings is 2. The van der Waals surface area contributed by atoms with E-state index in [1.165, 1.54) is 5.56 Å². The number of ether oxygens (including phenoxy) is 1. The van der Waals surface area contributed by atoms with Gasteiger partial charge >= 0.3 is 0 Å². The molecule has 1 aliphatic heterocycles. The first-order valence-corrected chi connectivity index (χ1v) is 10.3. The average molecular weight is 441 g/mol. The molecule has 0 saturated carbocycles. The van der Waals surface area contributed by atoms with E-state index in [4.69, 9.17) is 4.74 Å². The predicted molar refractivity (Wildman–Crippen MR) is 117 cm³/mol. The number of carbonyl (C=O) groups excluding carboxylic acids is 1. The standard InChI is InChI=1S/C23H25BrN2O2/c1-13-5-7-16-17(9-13)26-22(14-6-8-20(28-4)15(24)10-14)21-18(25-16)11-23(2,3)12-19(21)27/h5-10,22,25-26H,11-12H2,1-4H3. The fraction of sp³-hybridized carbons (Fsp3) is 0.348. The van der Waals surface area contributed by atoms with Gasteiger partial charge in [-0.05, 0) is 70.1 Å². The normalized spacial score (nSPS) is 20.5. The predicted octanol–water partition coefficient (Wildman–Crippen LogP) is 5.99. The number of fused-ring (bicyclic) bond motifs is 1. The minimum Gasteiger partial charge on any atom is -0.496 e. The molecule has 1 heterocycles. The fourth-order valence-electron chi connectivity index (χ4n) is 4.17. The number of aryl methyl sites for hydroxylation is 1. The van der Waals surface area contributed by atoms with Gasteiger partial charge in [0, 0.05) is 17.7 Å². The van der Waals surface area contributed by atoms with Crippen LogP contribution in [0.5, 0.6) is 5.75 Å². The lowest BCUT2D eigenvalue weighted by molar-refractivity contribution is -0.118. The number of hydrogen-bond acceptors (Lipinski definition) is 4. The minimum atomic E-state index is -0.212. The quantitative estimate of drug-likeness (QED) is 0.601. The number of Topliss-reactive ketones (excluding diaryl/α,β-unsaturated/α-hetero) is 1. The SMILES string of the molecule is COc1ccc(C2Nc3cc(C)ccc3NC3=C2C(=O)CC(C)(C)C3)cc1Br. The summed E-state index contributed by atoms with van der Waals surface area (Å²) in [4.78, 5) is 13.2. The molecule has 0 spiro atoms. The molecule has 2 aromatic carbocycles. The van der Waals surface area contributed by atoms with E-state index >= 15 is 0 Å². The average Bonchev–Trinajstić information content (AvgIpc) is 2.76. The van der Waals surface area contributed by atoms with E-state index < -0.39 is 0 Å². The van der Waals surface area contributed by atoms with Gasteiger partial charge in [0.25, 0.3) is 0 Å². The van der Waals surface area contributed by atoms with Crippen molar-refractivity contribution in [2.24, 2.45) is 5.41 Å². The molecule has 1 aliphatic carbocycles. The first-order chi connectivity index (χ1) is 13.3. The summed E-state index contributed by atoms with van der Waals surface area (Å²) in [6.45, 7) is 6.39. The van der Waals surface area contributed by atoms with Crippen molar-refractivity contribution in [1.82, 2.24) is 0 Å². The zero-order valence-corrected chi connectivity index (χ0v) is 18.2. The Labute approximate surface area is 174 Å². The molecular formula is C23H25BrN2O2. The molecule has 4 rings (SSSR count). The summed E-state index contributed by atoms with van der Waals surface area (Å²) in [7, 11) is 1.65. The molecule has 0 bridgehead atoms. The third-order valence-corrected chi connectivity index (χ3v) is 6.10. The minimum absolute atomic E-state index is 0.0524. The van der Waals surface area contributed by atoms with Crippen molar-refractivity contribution in [2.75, 3.05) is 17.7 Å². The van der Waals surface area contributed by atoms with E-state index in [1.54, 1.807) is 7.11 Å². The summed E-state index contributed by atoms with van der Waals surface area (Å²) >= 11 is 3.59. The Morgan fingerprint density at radius 3 is 2.61 bits per heavy atom. The lowest BCUT2D eigenvalue weighted by Gasteiger charge is -2.34. The second-order valence-electron chi connectivity index (χ2n) is 8.48. The van der Waals surface area contributed by atoms with Crippen LogP contribution in [0.15, 0.2) is 52.1 Å². The Morgan fingerprint density at radius 2 is 1.89 bits per heavy atom. The van der Waals surface area contributed by atoms with Crippen molar-refractivity contribution >= 4 is 33.1 Å². The summed E-state index contributed by atoms with van der Waals surface area (Å²) in [5.74, 6) is 0.977. The Bertz CT molecular complexity index is 994. The van der Waals surface area contributed by atoms with E-state index in [1.807, 2.05) is 18.2 Å². The largest absolute Gasteiger partial charge is 0.496 e. The van der Waals surface area contributed by atoms with E-state index in [2.05, 4.69) is 65.5 Å². The van der Waals surface area contributed by atoms with Gasteiger partial charge in [0.2, 0.25) is 0 Å². The van der Waals surface area contributed by atoms with Crippen molar-refractivity contribution in [3.8, 4) is 5.75 Å². The highest BCUT2D eigenvalue weighted by molar-refractivity contribution is 9.10. The number of anilines is 2. The summed E-state index contributed by atoms with van der Waals surface area (Å²) in [6, 6.07) is 12.1. The van der Waals surface area contributed by atoms with E-state index in [0.29, 0.717) is 6.42 Å². The molecule has 1 atom stereocenters. The summed E-state index contributed by atoms with van der Waals surface area (Å²) in [5.41, 5.74) is 6.04. The van der Waals surface area contributed by atoms with E-state index in [0.717, 1.165) is 44.9 Å². The summed E-state index contributed by atoms with van der Waals surface area (Å²) < 4.78 is 6.26. The molecule has 0 amide bonds. The lowest BCUT2D eigenvalue weighted by Crippen LogP contribution is -2.31. The molecule has 0 saturated heterocycles. The first kappa shape index (κ1) is 19.1. The Kier molecular flexibility index (Phi) is 4.74. The number of nitrogens with one attached hydrogen (secondary N) is 2. The van der Waals surface area contributed by atoms with Gasteiger partial charge in [-0.15, -0.1) is 0 Å². The monoisotopic (exact) mass is 440 g/mol. The van der Waals surface area contributed by atoms with Gasteiger partial charge in [0.1, 0.15) is 5.75 Å². The summed E-state index contributed by atoms with van der Waals surface area (Å²) in [5, 5.41) is 7.21. The second-order valence-corrected chi connectivity index (χ2v) is 9.33. The Balaban J connectivity index is 1.88. The highest BCUT2D eigenvalue weighted by atomic mass is 79.9. The Morgan fingerprint density at radius 1 is 1.11 bits per heavy atom. The van der Waals surface area contributed by atoms with Crippen LogP contribution in [-0.4, -0.2) is 12.9 Å². The molecule has 146 valence electrons. The number of ketones is 1. The fourth-order valence-corrected chi connectivity index (χ4v) is 4.73. The first-order valence-electron chi connectivity index (χ1n) is 9.51. The van der Waals surface area contributed by atoms with Crippen LogP contribution in [0.25, 0.3) is 0 Å². The zero-order chi connectivity index (χ0) is 20.1. The van der Waals surface area contributed by atoms with Crippen LogP contribution in [0.1, 0.15) is 43.9 Å². The van der Waals surface area contributed by atoms with Crippen molar-refractivity contribution in [2.45, 2.75) is 39.7 Å². The molecule has 0 aromatic heterocycles. The van der Waals surface area contributed by atoms with Crippen molar-refractivity contribution in [1.29, 1.82) is 0 Å². The second kappa shape index (κ2) is 6.96. The van der Waals surface area contributed by atoms with Gasteiger partial charge in [-0.25, -0.2) is 0 Å². The molecule has 2 aromatic rings. The molecule has 2 N–H and O–H groups in total. The topological polar surface area (TPSA) is 50.4 Å². The number of halogens is 1. The zero-order valence-electron chi connectivity index (χ0n) is 16.7. The molecular weight excluding hydrogens is 416 g/mol. The smallest absolute Gasteiger partial charge is 0.163 e. The maximum Gasteiger partial charge on any atom is 0.163 e. The van der Waals surface area contributed by atoms with E-state index in [9.17, 15) is 4.79 Å². The van der Waals surface area contributed by atoms with Crippen LogP contribution in [0.4, 0.5) is 11.4 Å². The molecule has 4 nitrogen and oxygen atoms in total. The van der Waals surface area contributed by atoms with Gasteiger partial charge < -0.3 is 15.4 Å². The highest BCUT2D eigenvalue weighted by Crippen LogP contribution is 2.46. The number of methoxy groups -OCH3 is 1. The number of rotatable bonds is 2. The van der Waals surface area contributed by atoms with Crippen LogP contribution in [0.2, 0.25) is 0 Å². The number of carbonyl (C=O) groups is 1. The van der Waals surface area contributed by atoms with Gasteiger partial charge in [-0.2, -0.15) is 0 Å². The lowest BCUT2D eigenvalue weighted by atomic mass is 9.73. The van der Waals surface area contributed by atoms with Gasteiger partial charge in [0.05, 0.1) is 29.0 Å². The number of hydrogen-bond donors (Lipinski definition) is 2. The Hall–Kier alpha value is -2.27. The van der Waals surface area contributed by atoms with Crippen molar-refractivity contribution < 1.29 is 9.53 Å². The maximum atomic E-state index is 13.2. The molecule has 5 heteroatoms. The maximum absolute atomic E-state index is 13.2. The summed E-state index contributed by atoms with van der Waals surface area (Å²) in [6.07, 6.45) is 1.40. The van der Waals surface area contributed by atoms with Crippen LogP contribution in [0.3, 0.4) is 0 Å². The molecule has 0 fully saturated rings. The van der Waals surface area contributed by atoms with Gasteiger partial charge in [-0.1, -0.05) is 26.0 Å².